The molecule has 0 amide bonds. The van der Waals surface area contributed by atoms with Crippen LogP contribution in [0.15, 0.2) is 18.2 Å². The van der Waals surface area contributed by atoms with Gasteiger partial charge in [0.05, 0.1) is 19.8 Å². The Morgan fingerprint density at radius 2 is 2.14 bits per heavy atom. The van der Waals surface area contributed by atoms with Crippen LogP contribution in [0.4, 0.5) is 0 Å². The van der Waals surface area contributed by atoms with E-state index in [0.717, 1.165) is 42.9 Å². The third kappa shape index (κ3) is 2.74. The zero-order valence-corrected chi connectivity index (χ0v) is 13.1. The van der Waals surface area contributed by atoms with E-state index in [1.54, 1.807) is 7.11 Å². The fourth-order valence-corrected chi connectivity index (χ4v) is 3.45. The Morgan fingerprint density at radius 1 is 1.33 bits per heavy atom. The highest BCUT2D eigenvalue weighted by atomic mass is 16.5. The van der Waals surface area contributed by atoms with Gasteiger partial charge in [-0.25, -0.2) is 0 Å². The summed E-state index contributed by atoms with van der Waals surface area (Å²) >= 11 is 0. The van der Waals surface area contributed by atoms with Crippen LogP contribution in [0, 0.1) is 5.92 Å². The number of nitrogens with two attached hydrogens (primary N) is 1. The molecule has 116 valence electrons. The van der Waals surface area contributed by atoms with Crippen LogP contribution in [0.25, 0.3) is 0 Å². The van der Waals surface area contributed by atoms with E-state index in [0.29, 0.717) is 5.92 Å². The molecule has 0 radical (unpaired) electrons. The predicted molar refractivity (Wildman–Crippen MR) is 81.7 cm³/mol. The largest absolute Gasteiger partial charge is 0.497 e. The summed E-state index contributed by atoms with van der Waals surface area (Å²) in [6.45, 7) is 5.15. The van der Waals surface area contributed by atoms with E-state index in [2.05, 4.69) is 13.8 Å². The molecule has 3 rings (SSSR count). The van der Waals surface area contributed by atoms with E-state index in [1.165, 1.54) is 0 Å². The standard InChI is InChI=1S/C17H25NO3/c1-11(2)16-10-17(6-7-20-16)9-14(18)13-8-12(19-3)4-5-15(13)21-17/h4-5,8,11,14,16H,6-7,9-10,18H2,1-3H3. The quantitative estimate of drug-likeness (QED) is 0.910. The average molecular weight is 291 g/mol. The Bertz CT molecular complexity index is 517. The lowest BCUT2D eigenvalue weighted by molar-refractivity contribution is -0.115. The number of hydrogen-bond acceptors (Lipinski definition) is 4. The average Bonchev–Trinajstić information content (AvgIpc) is 2.47. The molecule has 2 N–H and O–H groups in total. The summed E-state index contributed by atoms with van der Waals surface area (Å²) in [4.78, 5) is 0. The molecule has 21 heavy (non-hydrogen) atoms. The van der Waals surface area contributed by atoms with Gasteiger partial charge in [0, 0.05) is 30.9 Å². The number of methoxy groups -OCH3 is 1. The van der Waals surface area contributed by atoms with Gasteiger partial charge in [0.15, 0.2) is 0 Å². The molecule has 4 nitrogen and oxygen atoms in total. The summed E-state index contributed by atoms with van der Waals surface area (Å²) in [6, 6.07) is 5.90. The van der Waals surface area contributed by atoms with Gasteiger partial charge >= 0.3 is 0 Å². The molecule has 0 bridgehead atoms. The van der Waals surface area contributed by atoms with Crippen LogP contribution in [0.5, 0.6) is 11.5 Å². The maximum Gasteiger partial charge on any atom is 0.125 e. The van der Waals surface area contributed by atoms with Crippen molar-refractivity contribution in [3.63, 3.8) is 0 Å². The summed E-state index contributed by atoms with van der Waals surface area (Å²) in [5, 5.41) is 0. The van der Waals surface area contributed by atoms with Crippen molar-refractivity contribution >= 4 is 0 Å². The molecule has 1 aromatic carbocycles. The molecule has 4 heteroatoms. The van der Waals surface area contributed by atoms with Crippen LogP contribution >= 0.6 is 0 Å². The van der Waals surface area contributed by atoms with Gasteiger partial charge < -0.3 is 19.9 Å². The molecule has 1 saturated heterocycles. The van der Waals surface area contributed by atoms with Crippen molar-refractivity contribution in [2.45, 2.75) is 50.9 Å². The van der Waals surface area contributed by atoms with Gasteiger partial charge in [-0.05, 0) is 24.1 Å². The first-order chi connectivity index (χ1) is 10.0. The monoisotopic (exact) mass is 291 g/mol. The van der Waals surface area contributed by atoms with Crippen LogP contribution in [-0.2, 0) is 4.74 Å². The van der Waals surface area contributed by atoms with E-state index in [1.807, 2.05) is 18.2 Å². The van der Waals surface area contributed by atoms with Crippen molar-refractivity contribution < 1.29 is 14.2 Å². The van der Waals surface area contributed by atoms with Crippen LogP contribution in [0.1, 0.15) is 44.7 Å². The first-order valence-electron chi connectivity index (χ1n) is 7.77. The smallest absolute Gasteiger partial charge is 0.125 e. The van der Waals surface area contributed by atoms with Crippen LogP contribution in [0.2, 0.25) is 0 Å². The van der Waals surface area contributed by atoms with Gasteiger partial charge in [-0.1, -0.05) is 13.8 Å². The van der Waals surface area contributed by atoms with Crippen molar-refractivity contribution in [2.24, 2.45) is 11.7 Å². The number of ether oxygens (including phenoxy) is 3. The minimum absolute atomic E-state index is 0.00485. The lowest BCUT2D eigenvalue weighted by Gasteiger charge is -2.46. The van der Waals surface area contributed by atoms with Crippen molar-refractivity contribution in [3.05, 3.63) is 23.8 Å². The first kappa shape index (κ1) is 14.7. The predicted octanol–water partition coefficient (Wildman–Crippen LogP) is 3.05. The second kappa shape index (κ2) is 5.50. The summed E-state index contributed by atoms with van der Waals surface area (Å²) in [5.41, 5.74) is 7.30. The van der Waals surface area contributed by atoms with E-state index >= 15 is 0 Å². The molecule has 1 spiro atoms. The SMILES string of the molecule is COc1ccc2c(c1)C(N)CC1(CCOC(C(C)C)C1)O2. The Morgan fingerprint density at radius 3 is 2.86 bits per heavy atom. The molecule has 0 aliphatic carbocycles. The van der Waals surface area contributed by atoms with Crippen LogP contribution in [-0.4, -0.2) is 25.4 Å². The Hall–Kier alpha value is -1.26. The molecule has 1 fully saturated rings. The number of benzene rings is 1. The normalized spacial score (nSPS) is 31.9. The van der Waals surface area contributed by atoms with Gasteiger partial charge in [0.1, 0.15) is 17.1 Å². The third-order valence-corrected chi connectivity index (χ3v) is 4.74. The zero-order chi connectivity index (χ0) is 15.0. The summed E-state index contributed by atoms with van der Waals surface area (Å²) < 4.78 is 17.6. The minimum atomic E-state index is -0.172. The van der Waals surface area contributed by atoms with Crippen molar-refractivity contribution in [3.8, 4) is 11.5 Å². The lowest BCUT2D eigenvalue weighted by Crippen LogP contribution is -2.50. The van der Waals surface area contributed by atoms with Crippen molar-refractivity contribution in [2.75, 3.05) is 13.7 Å². The molecule has 2 aliphatic rings. The summed E-state index contributed by atoms with van der Waals surface area (Å²) in [6.07, 6.45) is 2.93. The zero-order valence-electron chi connectivity index (χ0n) is 13.1. The molecule has 3 unspecified atom stereocenters. The van der Waals surface area contributed by atoms with Gasteiger partial charge in [-0.2, -0.15) is 0 Å². The third-order valence-electron chi connectivity index (χ3n) is 4.74. The summed E-state index contributed by atoms with van der Waals surface area (Å²) in [5.74, 6) is 2.23. The Kier molecular flexibility index (Phi) is 3.84. The number of hydrogen-bond donors (Lipinski definition) is 1. The Balaban J connectivity index is 1.87. The van der Waals surface area contributed by atoms with Gasteiger partial charge in [-0.3, -0.25) is 0 Å². The van der Waals surface area contributed by atoms with Crippen LogP contribution < -0.4 is 15.2 Å². The molecule has 0 aromatic heterocycles. The van der Waals surface area contributed by atoms with E-state index in [9.17, 15) is 0 Å². The van der Waals surface area contributed by atoms with Crippen molar-refractivity contribution in [1.82, 2.24) is 0 Å². The Labute approximate surface area is 126 Å². The minimum Gasteiger partial charge on any atom is -0.497 e. The first-order valence-corrected chi connectivity index (χ1v) is 7.77. The highest BCUT2D eigenvalue weighted by molar-refractivity contribution is 5.44. The topological polar surface area (TPSA) is 53.7 Å². The summed E-state index contributed by atoms with van der Waals surface area (Å²) in [7, 11) is 1.67. The fraction of sp³-hybridized carbons (Fsp3) is 0.647. The maximum absolute atomic E-state index is 6.42. The van der Waals surface area contributed by atoms with Gasteiger partial charge in [0.25, 0.3) is 0 Å². The van der Waals surface area contributed by atoms with Crippen LogP contribution in [0.3, 0.4) is 0 Å². The molecule has 0 saturated carbocycles. The number of fused-ring (bicyclic) bond motifs is 1. The molecule has 3 atom stereocenters. The highest BCUT2D eigenvalue weighted by Gasteiger charge is 2.44. The number of rotatable bonds is 2. The fourth-order valence-electron chi connectivity index (χ4n) is 3.45. The van der Waals surface area contributed by atoms with Gasteiger partial charge in [0.2, 0.25) is 0 Å². The molecule has 2 heterocycles. The van der Waals surface area contributed by atoms with Crippen molar-refractivity contribution in [1.29, 1.82) is 0 Å². The second-order valence-corrected chi connectivity index (χ2v) is 6.61. The van der Waals surface area contributed by atoms with E-state index in [-0.39, 0.29) is 17.7 Å². The second-order valence-electron chi connectivity index (χ2n) is 6.61. The molecular weight excluding hydrogens is 266 g/mol. The van der Waals surface area contributed by atoms with E-state index < -0.39 is 0 Å². The molecule has 2 aliphatic heterocycles. The molecular formula is C17H25NO3. The van der Waals surface area contributed by atoms with Gasteiger partial charge in [-0.15, -0.1) is 0 Å². The lowest BCUT2D eigenvalue weighted by atomic mass is 9.78. The molecule has 1 aromatic rings. The van der Waals surface area contributed by atoms with E-state index in [4.69, 9.17) is 19.9 Å². The maximum atomic E-state index is 6.42. The highest BCUT2D eigenvalue weighted by Crippen LogP contribution is 2.45.